The molecule has 7 heteroatoms. The van der Waals surface area contributed by atoms with Gasteiger partial charge in [0.15, 0.2) is 0 Å². The van der Waals surface area contributed by atoms with Crippen molar-refractivity contribution in [2.24, 2.45) is 0 Å². The van der Waals surface area contributed by atoms with Crippen molar-refractivity contribution in [3.05, 3.63) is 34.9 Å². The number of nitrogens with zero attached hydrogens (tertiary/aromatic N) is 2. The average Bonchev–Trinajstić information content (AvgIpc) is 2.65. The maximum Gasteiger partial charge on any atom is 0.315 e. The molecule has 0 saturated carbocycles. The van der Waals surface area contributed by atoms with Crippen LogP contribution in [0.25, 0.3) is 0 Å². The topological polar surface area (TPSA) is 56.8 Å². The standard InChI is InChI=1S/C19H29ClN4O2/c1-23-8-10-24(11-9-23)18(16-4-2-3-5-17(16)20)14-21-19(25)22-15-6-12-26-13-7-15/h2-5,15,18H,6-14H2,1H3,(H2,21,22,25). The van der Waals surface area contributed by atoms with Crippen molar-refractivity contribution in [1.29, 1.82) is 0 Å². The zero-order valence-electron chi connectivity index (χ0n) is 15.4. The second-order valence-corrected chi connectivity index (χ2v) is 7.52. The molecule has 26 heavy (non-hydrogen) atoms. The lowest BCUT2D eigenvalue weighted by Crippen LogP contribution is -2.50. The van der Waals surface area contributed by atoms with E-state index in [1.807, 2.05) is 18.2 Å². The van der Waals surface area contributed by atoms with Crippen LogP contribution in [0.1, 0.15) is 24.4 Å². The minimum absolute atomic E-state index is 0.0813. The van der Waals surface area contributed by atoms with Crippen LogP contribution in [0.5, 0.6) is 0 Å². The Morgan fingerprint density at radius 2 is 1.92 bits per heavy atom. The van der Waals surface area contributed by atoms with E-state index < -0.39 is 0 Å². The molecule has 1 aromatic rings. The van der Waals surface area contributed by atoms with Crippen LogP contribution in [0.15, 0.2) is 24.3 Å². The summed E-state index contributed by atoms with van der Waals surface area (Å²) in [4.78, 5) is 17.1. The van der Waals surface area contributed by atoms with Crippen LogP contribution < -0.4 is 10.6 Å². The lowest BCUT2D eigenvalue weighted by molar-refractivity contribution is 0.0796. The molecule has 2 N–H and O–H groups in total. The Kier molecular flexibility index (Phi) is 7.14. The molecule has 0 spiro atoms. The number of likely N-dealkylation sites (N-methyl/N-ethyl adjacent to an activating group) is 1. The molecule has 2 aliphatic heterocycles. The number of urea groups is 1. The summed E-state index contributed by atoms with van der Waals surface area (Å²) >= 11 is 6.46. The maximum absolute atomic E-state index is 12.3. The quantitative estimate of drug-likeness (QED) is 0.821. The van der Waals surface area contributed by atoms with Crippen molar-refractivity contribution in [2.45, 2.75) is 24.9 Å². The molecule has 2 aliphatic rings. The summed E-state index contributed by atoms with van der Waals surface area (Å²) in [6.07, 6.45) is 1.75. The number of amides is 2. The van der Waals surface area contributed by atoms with E-state index in [2.05, 4.69) is 33.5 Å². The molecule has 0 radical (unpaired) electrons. The molecule has 6 nitrogen and oxygen atoms in total. The average molecular weight is 381 g/mol. The first kappa shape index (κ1) is 19.4. The normalized spacial score (nSPS) is 21.3. The van der Waals surface area contributed by atoms with E-state index in [1.54, 1.807) is 0 Å². The molecule has 0 aliphatic carbocycles. The van der Waals surface area contributed by atoms with Gasteiger partial charge in [0.1, 0.15) is 0 Å². The van der Waals surface area contributed by atoms with Gasteiger partial charge in [0.2, 0.25) is 0 Å². The summed E-state index contributed by atoms with van der Waals surface area (Å²) in [7, 11) is 2.14. The van der Waals surface area contributed by atoms with Gasteiger partial charge in [-0.05, 0) is 31.5 Å². The summed E-state index contributed by atoms with van der Waals surface area (Å²) < 4.78 is 5.34. The fourth-order valence-electron chi connectivity index (χ4n) is 3.58. The minimum Gasteiger partial charge on any atom is -0.381 e. The number of ether oxygens (including phenoxy) is 1. The number of piperazine rings is 1. The smallest absolute Gasteiger partial charge is 0.315 e. The first-order valence-corrected chi connectivity index (χ1v) is 9.80. The molecule has 2 fully saturated rings. The highest BCUT2D eigenvalue weighted by Gasteiger charge is 2.26. The number of benzene rings is 1. The van der Waals surface area contributed by atoms with Crippen LogP contribution in [-0.4, -0.2) is 74.9 Å². The predicted octanol–water partition coefficient (Wildman–Crippen LogP) is 2.11. The van der Waals surface area contributed by atoms with Gasteiger partial charge in [-0.2, -0.15) is 0 Å². The lowest BCUT2D eigenvalue weighted by Gasteiger charge is -2.38. The molecule has 144 valence electrons. The molecule has 1 atom stereocenters. The van der Waals surface area contributed by atoms with Gasteiger partial charge in [-0.25, -0.2) is 4.79 Å². The molecule has 1 unspecified atom stereocenters. The lowest BCUT2D eigenvalue weighted by atomic mass is 10.0. The van der Waals surface area contributed by atoms with Crippen LogP contribution in [0.3, 0.4) is 0 Å². The van der Waals surface area contributed by atoms with Crippen LogP contribution in [0, 0.1) is 0 Å². The number of carbonyl (C=O) groups is 1. The molecule has 1 aromatic carbocycles. The number of carbonyl (C=O) groups excluding carboxylic acids is 1. The second kappa shape index (κ2) is 9.55. The number of halogens is 1. The van der Waals surface area contributed by atoms with E-state index in [-0.39, 0.29) is 18.1 Å². The molecule has 0 aromatic heterocycles. The van der Waals surface area contributed by atoms with Crippen LogP contribution in [0.4, 0.5) is 4.79 Å². The molecule has 2 heterocycles. The summed E-state index contributed by atoms with van der Waals surface area (Å²) in [5.41, 5.74) is 1.07. The summed E-state index contributed by atoms with van der Waals surface area (Å²) in [5, 5.41) is 6.87. The summed E-state index contributed by atoms with van der Waals surface area (Å²) in [6, 6.07) is 8.10. The van der Waals surface area contributed by atoms with Crippen molar-refractivity contribution in [1.82, 2.24) is 20.4 Å². The van der Waals surface area contributed by atoms with E-state index in [0.29, 0.717) is 19.8 Å². The molecule has 0 bridgehead atoms. The molecule has 3 rings (SSSR count). The molecule has 2 amide bonds. The maximum atomic E-state index is 12.3. The van der Waals surface area contributed by atoms with Gasteiger partial charge >= 0.3 is 6.03 Å². The van der Waals surface area contributed by atoms with Gasteiger partial charge in [0.25, 0.3) is 0 Å². The van der Waals surface area contributed by atoms with Crippen molar-refractivity contribution in [2.75, 3.05) is 53.0 Å². The SMILES string of the molecule is CN1CCN(C(CNC(=O)NC2CCOCC2)c2ccccc2Cl)CC1. The van der Waals surface area contributed by atoms with Crippen molar-refractivity contribution < 1.29 is 9.53 Å². The van der Waals surface area contributed by atoms with E-state index in [4.69, 9.17) is 16.3 Å². The Morgan fingerprint density at radius 1 is 1.23 bits per heavy atom. The van der Waals surface area contributed by atoms with Gasteiger partial charge in [-0.1, -0.05) is 29.8 Å². The Hall–Kier alpha value is -1.34. The fraction of sp³-hybridized carbons (Fsp3) is 0.632. The van der Waals surface area contributed by atoms with Crippen LogP contribution in [-0.2, 0) is 4.74 Å². The van der Waals surface area contributed by atoms with E-state index in [0.717, 1.165) is 49.6 Å². The molecular weight excluding hydrogens is 352 g/mol. The van der Waals surface area contributed by atoms with Gasteiger partial charge in [-0.15, -0.1) is 0 Å². The zero-order chi connectivity index (χ0) is 18.4. The first-order chi connectivity index (χ1) is 12.6. The van der Waals surface area contributed by atoms with E-state index in [9.17, 15) is 4.79 Å². The van der Waals surface area contributed by atoms with E-state index in [1.165, 1.54) is 0 Å². The van der Waals surface area contributed by atoms with Crippen molar-refractivity contribution in [3.8, 4) is 0 Å². The Morgan fingerprint density at radius 3 is 2.62 bits per heavy atom. The molecule has 2 saturated heterocycles. The fourth-order valence-corrected chi connectivity index (χ4v) is 3.84. The van der Waals surface area contributed by atoms with Crippen molar-refractivity contribution in [3.63, 3.8) is 0 Å². The predicted molar refractivity (Wildman–Crippen MR) is 104 cm³/mol. The van der Waals surface area contributed by atoms with Gasteiger partial charge in [0, 0.05) is 57.0 Å². The Labute approximate surface area is 160 Å². The first-order valence-electron chi connectivity index (χ1n) is 9.42. The number of hydrogen-bond donors (Lipinski definition) is 2. The van der Waals surface area contributed by atoms with Gasteiger partial charge < -0.3 is 20.3 Å². The van der Waals surface area contributed by atoms with E-state index >= 15 is 0 Å². The highest BCUT2D eigenvalue weighted by molar-refractivity contribution is 6.31. The Balaban J connectivity index is 1.62. The van der Waals surface area contributed by atoms with Gasteiger partial charge in [-0.3, -0.25) is 4.90 Å². The highest BCUT2D eigenvalue weighted by atomic mass is 35.5. The zero-order valence-corrected chi connectivity index (χ0v) is 16.2. The minimum atomic E-state index is -0.108. The largest absolute Gasteiger partial charge is 0.381 e. The van der Waals surface area contributed by atoms with Crippen LogP contribution >= 0.6 is 11.6 Å². The second-order valence-electron chi connectivity index (χ2n) is 7.12. The third-order valence-corrected chi connectivity index (χ3v) is 5.60. The van der Waals surface area contributed by atoms with Crippen molar-refractivity contribution >= 4 is 17.6 Å². The number of nitrogens with one attached hydrogen (secondary N) is 2. The third-order valence-electron chi connectivity index (χ3n) is 5.26. The summed E-state index contributed by atoms with van der Waals surface area (Å²) in [5.74, 6) is 0. The Bertz CT molecular complexity index is 587. The van der Waals surface area contributed by atoms with Crippen LogP contribution in [0.2, 0.25) is 5.02 Å². The number of hydrogen-bond acceptors (Lipinski definition) is 4. The summed E-state index contributed by atoms with van der Waals surface area (Å²) in [6.45, 7) is 5.96. The highest BCUT2D eigenvalue weighted by Crippen LogP contribution is 2.27. The van der Waals surface area contributed by atoms with Gasteiger partial charge in [0.05, 0.1) is 6.04 Å². The third kappa shape index (κ3) is 5.33. The monoisotopic (exact) mass is 380 g/mol. The number of rotatable bonds is 5. The molecular formula is C19H29ClN4O2.